The van der Waals surface area contributed by atoms with Crippen molar-refractivity contribution in [2.45, 2.75) is 18.6 Å². The van der Waals surface area contributed by atoms with Gasteiger partial charge in [0, 0.05) is 36.1 Å². The molecule has 8 nitrogen and oxygen atoms in total. The van der Waals surface area contributed by atoms with E-state index in [-0.39, 0.29) is 19.0 Å². The van der Waals surface area contributed by atoms with Gasteiger partial charge in [0.1, 0.15) is 11.9 Å². The molecule has 0 spiro atoms. The number of anilines is 1. The number of fused-ring (bicyclic) bond motifs is 1. The van der Waals surface area contributed by atoms with Gasteiger partial charge in [-0.3, -0.25) is 14.7 Å². The Hall–Kier alpha value is -3.04. The molecule has 3 fully saturated rings. The van der Waals surface area contributed by atoms with E-state index in [0.29, 0.717) is 41.9 Å². The number of carbonyl (C=O) groups excluding carboxylic acids is 2. The highest BCUT2D eigenvalue weighted by Crippen LogP contribution is 2.58. The number of aromatic nitrogens is 1. The highest BCUT2D eigenvalue weighted by Gasteiger charge is 2.66. The number of hydrogen-bond donors (Lipinski definition) is 2. The first kappa shape index (κ1) is 19.9. The Labute approximate surface area is 178 Å². The van der Waals surface area contributed by atoms with Crippen LogP contribution < -0.4 is 16.0 Å². The fourth-order valence-corrected chi connectivity index (χ4v) is 4.58. The smallest absolute Gasteiger partial charge is 0.414 e. The van der Waals surface area contributed by atoms with Crippen LogP contribution in [0.2, 0.25) is 0 Å². The average Bonchev–Trinajstić information content (AvgIpc) is 3.13. The van der Waals surface area contributed by atoms with Crippen molar-refractivity contribution in [1.29, 1.82) is 0 Å². The molecule has 0 bridgehead atoms. The van der Waals surface area contributed by atoms with E-state index in [9.17, 15) is 14.0 Å². The van der Waals surface area contributed by atoms with Gasteiger partial charge in [0.15, 0.2) is 0 Å². The quantitative estimate of drug-likeness (QED) is 0.755. The Kier molecular flexibility index (Phi) is 4.67. The molecule has 0 radical (unpaired) electrons. The molecule has 3 N–H and O–H groups in total. The lowest BCUT2D eigenvalue weighted by Crippen LogP contribution is -2.33. The Bertz CT molecular complexity index is 1030. The van der Waals surface area contributed by atoms with Crippen molar-refractivity contribution in [1.82, 2.24) is 10.3 Å². The van der Waals surface area contributed by atoms with E-state index < -0.39 is 23.6 Å². The number of ether oxygens (including phenoxy) is 2. The number of cyclic esters (lactones) is 1. The van der Waals surface area contributed by atoms with Gasteiger partial charge in [-0.1, -0.05) is 6.07 Å². The Balaban J connectivity index is 1.31. The summed E-state index contributed by atoms with van der Waals surface area (Å²) in [6.07, 6.45) is 0.581. The first-order valence-electron chi connectivity index (χ1n) is 10.2. The number of hydrogen-bond acceptors (Lipinski definition) is 6. The van der Waals surface area contributed by atoms with Gasteiger partial charge < -0.3 is 20.5 Å². The lowest BCUT2D eigenvalue weighted by Gasteiger charge is -2.16. The fraction of sp³-hybridized carbons (Fsp3) is 0.409. The number of carbonyl (C=O) groups is 2. The van der Waals surface area contributed by atoms with Crippen LogP contribution in [0.4, 0.5) is 14.9 Å². The van der Waals surface area contributed by atoms with Gasteiger partial charge in [-0.15, -0.1) is 0 Å². The molecule has 3 aliphatic rings. The normalized spacial score (nSPS) is 28.9. The Morgan fingerprint density at radius 1 is 1.32 bits per heavy atom. The number of nitrogens with two attached hydrogens (primary N) is 1. The van der Waals surface area contributed by atoms with Gasteiger partial charge in [-0.05, 0) is 24.3 Å². The summed E-state index contributed by atoms with van der Waals surface area (Å²) in [7, 11) is 0. The van der Waals surface area contributed by atoms with Crippen molar-refractivity contribution < 1.29 is 23.5 Å². The highest BCUT2D eigenvalue weighted by atomic mass is 19.1. The average molecular weight is 426 g/mol. The summed E-state index contributed by atoms with van der Waals surface area (Å²) < 4.78 is 25.5. The third-order valence-electron chi connectivity index (χ3n) is 6.43. The first-order valence-corrected chi connectivity index (χ1v) is 10.2. The van der Waals surface area contributed by atoms with Crippen molar-refractivity contribution in [3.63, 3.8) is 0 Å². The number of nitrogens with one attached hydrogen (secondary N) is 1. The predicted molar refractivity (Wildman–Crippen MR) is 110 cm³/mol. The van der Waals surface area contributed by atoms with Crippen molar-refractivity contribution in [3.05, 3.63) is 48.0 Å². The second kappa shape index (κ2) is 7.28. The molecular weight excluding hydrogens is 403 g/mol. The lowest BCUT2D eigenvalue weighted by atomic mass is 10.0. The zero-order chi connectivity index (χ0) is 21.8. The standard InChI is InChI=1S/C22H23FN4O4/c1-12(28)25-8-15-9-27(21(29)31-15)14-3-4-16(19(23)6-14)13-2-5-20(26-7-13)22(24)17-10-30-11-18(17)22/h2-7,15,17-18H,8-11,24H2,1H3,(H,25,28)/t15-,17-,18+,22-/m0/s1. The van der Waals surface area contributed by atoms with E-state index in [1.807, 2.05) is 12.1 Å². The molecule has 1 aliphatic carbocycles. The van der Waals surface area contributed by atoms with Crippen LogP contribution in [0.5, 0.6) is 0 Å². The van der Waals surface area contributed by atoms with Gasteiger partial charge >= 0.3 is 6.09 Å². The SMILES string of the molecule is CC(=O)NC[C@H]1CN(c2ccc(-c3ccc([C@@]4(N)[C@@H]5COC[C@@H]54)nc3)c(F)c2)C(=O)O1. The molecule has 1 saturated carbocycles. The monoisotopic (exact) mass is 426 g/mol. The van der Waals surface area contributed by atoms with E-state index in [1.165, 1.54) is 17.9 Å². The minimum atomic E-state index is -0.569. The lowest BCUT2D eigenvalue weighted by molar-refractivity contribution is -0.119. The van der Waals surface area contributed by atoms with Crippen LogP contribution >= 0.6 is 0 Å². The van der Waals surface area contributed by atoms with Crippen LogP contribution in [-0.2, 0) is 19.8 Å². The number of rotatable bonds is 5. The van der Waals surface area contributed by atoms with Gasteiger partial charge in [0.2, 0.25) is 5.91 Å². The summed E-state index contributed by atoms with van der Waals surface area (Å²) in [6, 6.07) is 8.26. The molecule has 0 unspecified atom stereocenters. The molecule has 1 aromatic heterocycles. The summed E-state index contributed by atoms with van der Waals surface area (Å²) in [4.78, 5) is 29.1. The maximum atomic E-state index is 14.9. The summed E-state index contributed by atoms with van der Waals surface area (Å²) >= 11 is 0. The second-order valence-electron chi connectivity index (χ2n) is 8.33. The molecule has 2 aromatic rings. The molecule has 31 heavy (non-hydrogen) atoms. The molecular formula is C22H23FN4O4. The van der Waals surface area contributed by atoms with Gasteiger partial charge in [0.05, 0.1) is 43.2 Å². The Morgan fingerprint density at radius 3 is 2.74 bits per heavy atom. The molecule has 162 valence electrons. The maximum Gasteiger partial charge on any atom is 0.414 e. The molecule has 2 aliphatic heterocycles. The van der Waals surface area contributed by atoms with Gasteiger partial charge in [-0.2, -0.15) is 0 Å². The first-order chi connectivity index (χ1) is 14.9. The van der Waals surface area contributed by atoms with Gasteiger partial charge in [0.25, 0.3) is 0 Å². The third kappa shape index (κ3) is 3.34. The molecule has 5 rings (SSSR count). The van der Waals surface area contributed by atoms with E-state index in [4.69, 9.17) is 15.2 Å². The number of pyridine rings is 1. The minimum Gasteiger partial charge on any atom is -0.442 e. The number of amides is 2. The number of nitrogens with zero attached hydrogens (tertiary/aromatic N) is 2. The predicted octanol–water partition coefficient (Wildman–Crippen LogP) is 1.78. The van der Waals surface area contributed by atoms with Crippen LogP contribution in [0.1, 0.15) is 12.6 Å². The summed E-state index contributed by atoms with van der Waals surface area (Å²) in [5, 5.41) is 2.61. The minimum absolute atomic E-state index is 0.205. The zero-order valence-electron chi connectivity index (χ0n) is 17.0. The Morgan fingerprint density at radius 2 is 2.10 bits per heavy atom. The topological polar surface area (TPSA) is 107 Å². The summed E-state index contributed by atoms with van der Waals surface area (Å²) in [6.45, 7) is 3.16. The van der Waals surface area contributed by atoms with Gasteiger partial charge in [-0.25, -0.2) is 9.18 Å². The van der Waals surface area contributed by atoms with Crippen LogP contribution in [0.25, 0.3) is 11.1 Å². The summed E-state index contributed by atoms with van der Waals surface area (Å²) in [5.74, 6) is -0.0688. The highest BCUT2D eigenvalue weighted by molar-refractivity contribution is 5.90. The molecule has 2 amide bonds. The summed E-state index contributed by atoms with van der Waals surface area (Å²) in [5.41, 5.74) is 8.27. The molecule has 3 heterocycles. The van der Waals surface area contributed by atoms with Crippen LogP contribution in [0.15, 0.2) is 36.5 Å². The van der Waals surface area contributed by atoms with E-state index in [0.717, 1.165) is 5.69 Å². The van der Waals surface area contributed by atoms with E-state index in [1.54, 1.807) is 18.3 Å². The number of benzene rings is 1. The molecule has 9 heteroatoms. The van der Waals surface area contributed by atoms with Crippen molar-refractivity contribution in [2.24, 2.45) is 17.6 Å². The third-order valence-corrected chi connectivity index (χ3v) is 6.43. The van der Waals surface area contributed by atoms with Crippen LogP contribution in [0.3, 0.4) is 0 Å². The van der Waals surface area contributed by atoms with Crippen molar-refractivity contribution >= 4 is 17.7 Å². The maximum absolute atomic E-state index is 14.9. The van der Waals surface area contributed by atoms with Crippen LogP contribution in [-0.4, -0.2) is 49.4 Å². The van der Waals surface area contributed by atoms with E-state index >= 15 is 0 Å². The number of halogens is 1. The fourth-order valence-electron chi connectivity index (χ4n) is 4.58. The van der Waals surface area contributed by atoms with Crippen molar-refractivity contribution in [2.75, 3.05) is 31.2 Å². The van der Waals surface area contributed by atoms with Crippen LogP contribution in [0, 0.1) is 17.7 Å². The molecule has 2 saturated heterocycles. The molecule has 1 aromatic carbocycles. The zero-order valence-corrected chi connectivity index (χ0v) is 17.0. The van der Waals surface area contributed by atoms with Crippen molar-refractivity contribution in [3.8, 4) is 11.1 Å². The largest absolute Gasteiger partial charge is 0.442 e. The second-order valence-corrected chi connectivity index (χ2v) is 8.33. The van der Waals surface area contributed by atoms with E-state index in [2.05, 4.69) is 10.3 Å². The molecule has 4 atom stereocenters.